The van der Waals surface area contributed by atoms with E-state index < -0.39 is 0 Å². The first-order valence-electron chi connectivity index (χ1n) is 9.87. The summed E-state index contributed by atoms with van der Waals surface area (Å²) in [5, 5.41) is 0. The molecule has 0 N–H and O–H groups in total. The number of carbonyl (C=O) groups is 1. The maximum absolute atomic E-state index is 13.4. The van der Waals surface area contributed by atoms with E-state index in [1.807, 2.05) is 66.7 Å². The van der Waals surface area contributed by atoms with Gasteiger partial charge in [0.05, 0.1) is 6.54 Å². The molecule has 1 aliphatic heterocycles. The molecular formula is C23H25N5O. The molecule has 2 heterocycles. The highest BCUT2D eigenvalue weighted by molar-refractivity contribution is 6.05. The van der Waals surface area contributed by atoms with Crippen LogP contribution in [0.2, 0.25) is 0 Å². The van der Waals surface area contributed by atoms with Crippen LogP contribution in [-0.2, 0) is 6.54 Å². The number of rotatable bonds is 5. The summed E-state index contributed by atoms with van der Waals surface area (Å²) >= 11 is 0. The Bertz CT molecular complexity index is 940. The molecule has 0 bridgehead atoms. The van der Waals surface area contributed by atoms with Gasteiger partial charge in [0, 0.05) is 37.9 Å². The predicted molar refractivity (Wildman–Crippen MR) is 115 cm³/mol. The van der Waals surface area contributed by atoms with Crippen molar-refractivity contribution in [2.45, 2.75) is 6.54 Å². The maximum atomic E-state index is 13.4. The van der Waals surface area contributed by atoms with E-state index in [9.17, 15) is 4.79 Å². The Morgan fingerprint density at radius 3 is 2.28 bits per heavy atom. The minimum atomic E-state index is -0.127. The fraction of sp³-hybridized carbons (Fsp3) is 0.261. The molecule has 0 aliphatic carbocycles. The van der Waals surface area contributed by atoms with Crippen molar-refractivity contribution in [3.05, 3.63) is 84.3 Å². The quantitative estimate of drug-likeness (QED) is 0.673. The number of para-hydroxylation sites is 1. The first kappa shape index (κ1) is 19.1. The second-order valence-electron chi connectivity index (χ2n) is 7.26. The van der Waals surface area contributed by atoms with Gasteiger partial charge < -0.3 is 14.7 Å². The molecule has 0 spiro atoms. The molecule has 1 aliphatic rings. The zero-order valence-electron chi connectivity index (χ0n) is 16.6. The third-order valence-corrected chi connectivity index (χ3v) is 5.20. The Morgan fingerprint density at radius 1 is 0.931 bits per heavy atom. The predicted octanol–water partition coefficient (Wildman–Crippen LogP) is 3.08. The fourth-order valence-corrected chi connectivity index (χ4v) is 3.47. The molecule has 6 nitrogen and oxygen atoms in total. The van der Waals surface area contributed by atoms with Crippen LogP contribution in [0.25, 0.3) is 0 Å². The second kappa shape index (κ2) is 8.84. The topological polar surface area (TPSA) is 52.6 Å². The molecule has 2 aromatic carbocycles. The van der Waals surface area contributed by atoms with Crippen molar-refractivity contribution in [2.75, 3.05) is 43.0 Å². The minimum Gasteiger partial charge on any atom is -0.354 e. The zero-order chi connectivity index (χ0) is 20.1. The van der Waals surface area contributed by atoms with E-state index in [0.29, 0.717) is 12.2 Å². The molecular weight excluding hydrogens is 362 g/mol. The van der Waals surface area contributed by atoms with Gasteiger partial charge in [-0.15, -0.1) is 0 Å². The zero-order valence-corrected chi connectivity index (χ0v) is 16.6. The average molecular weight is 387 g/mol. The van der Waals surface area contributed by atoms with E-state index in [-0.39, 0.29) is 5.91 Å². The van der Waals surface area contributed by atoms with Crippen molar-refractivity contribution < 1.29 is 4.79 Å². The average Bonchev–Trinajstić information content (AvgIpc) is 2.79. The number of likely N-dealkylation sites (N-methyl/N-ethyl adjacent to an activating group) is 1. The lowest BCUT2D eigenvalue weighted by Gasteiger charge is -2.33. The van der Waals surface area contributed by atoms with Crippen LogP contribution in [0, 0.1) is 0 Å². The molecule has 1 saturated heterocycles. The second-order valence-corrected chi connectivity index (χ2v) is 7.26. The van der Waals surface area contributed by atoms with E-state index >= 15 is 0 Å². The summed E-state index contributed by atoms with van der Waals surface area (Å²) in [6.07, 6.45) is 1.49. The summed E-state index contributed by atoms with van der Waals surface area (Å²) in [7, 11) is 2.12. The lowest BCUT2D eigenvalue weighted by Crippen LogP contribution is -2.45. The molecule has 1 aromatic heterocycles. The lowest BCUT2D eigenvalue weighted by atomic mass is 10.1. The van der Waals surface area contributed by atoms with Crippen LogP contribution >= 0.6 is 0 Å². The van der Waals surface area contributed by atoms with E-state index in [1.54, 1.807) is 4.90 Å². The number of benzene rings is 2. The molecule has 29 heavy (non-hydrogen) atoms. The largest absolute Gasteiger partial charge is 0.354 e. The van der Waals surface area contributed by atoms with Gasteiger partial charge >= 0.3 is 0 Å². The Hall–Kier alpha value is -3.25. The van der Waals surface area contributed by atoms with Gasteiger partial charge in [0.2, 0.25) is 0 Å². The molecule has 0 radical (unpaired) electrons. The molecule has 148 valence electrons. The van der Waals surface area contributed by atoms with E-state index in [4.69, 9.17) is 0 Å². The van der Waals surface area contributed by atoms with Crippen LogP contribution in [0.4, 0.5) is 11.5 Å². The Morgan fingerprint density at radius 2 is 1.59 bits per heavy atom. The van der Waals surface area contributed by atoms with Crippen LogP contribution in [0.1, 0.15) is 16.1 Å². The van der Waals surface area contributed by atoms with E-state index in [0.717, 1.165) is 43.2 Å². The third kappa shape index (κ3) is 4.60. The molecule has 1 amide bonds. The number of carbonyl (C=O) groups excluding carboxylic acids is 1. The van der Waals surface area contributed by atoms with Crippen LogP contribution < -0.4 is 9.80 Å². The van der Waals surface area contributed by atoms with Crippen molar-refractivity contribution in [3.63, 3.8) is 0 Å². The summed E-state index contributed by atoms with van der Waals surface area (Å²) in [5.74, 6) is 0.682. The lowest BCUT2D eigenvalue weighted by molar-refractivity contribution is 0.0980. The molecule has 6 heteroatoms. The molecule has 1 fully saturated rings. The van der Waals surface area contributed by atoms with Gasteiger partial charge in [-0.2, -0.15) is 0 Å². The normalized spacial score (nSPS) is 14.6. The van der Waals surface area contributed by atoms with E-state index in [2.05, 4.69) is 26.8 Å². The van der Waals surface area contributed by atoms with Crippen LogP contribution in [-0.4, -0.2) is 54.0 Å². The van der Waals surface area contributed by atoms with Gasteiger partial charge in [0.15, 0.2) is 0 Å². The van der Waals surface area contributed by atoms with Crippen LogP contribution in [0.15, 0.2) is 73.1 Å². The number of anilines is 2. The summed E-state index contributed by atoms with van der Waals surface area (Å²) in [5.41, 5.74) is 2.33. The highest BCUT2D eigenvalue weighted by atomic mass is 16.2. The summed E-state index contributed by atoms with van der Waals surface area (Å²) in [6, 6.07) is 21.5. The van der Waals surface area contributed by atoms with Crippen LogP contribution in [0.5, 0.6) is 0 Å². The number of hydrogen-bond acceptors (Lipinski definition) is 5. The van der Waals surface area contributed by atoms with E-state index in [1.165, 1.54) is 6.33 Å². The standard InChI is InChI=1S/C23H25N5O/c1-26-12-14-27(15-13-26)22-16-21(24-18-25-22)23(29)28(20-10-6-3-7-11-20)17-19-8-4-2-5-9-19/h2-11,16,18H,12-15,17H2,1H3. The van der Waals surface area contributed by atoms with Gasteiger partial charge in [0.25, 0.3) is 5.91 Å². The minimum absolute atomic E-state index is 0.127. The highest BCUT2D eigenvalue weighted by Gasteiger charge is 2.22. The van der Waals surface area contributed by atoms with Crippen LogP contribution in [0.3, 0.4) is 0 Å². The Kier molecular flexibility index (Phi) is 5.81. The fourth-order valence-electron chi connectivity index (χ4n) is 3.47. The number of piperazine rings is 1. The maximum Gasteiger partial charge on any atom is 0.277 e. The summed E-state index contributed by atoms with van der Waals surface area (Å²) < 4.78 is 0. The smallest absolute Gasteiger partial charge is 0.277 e. The van der Waals surface area contributed by atoms with Crippen molar-refractivity contribution in [1.29, 1.82) is 0 Å². The van der Waals surface area contributed by atoms with Gasteiger partial charge in [0.1, 0.15) is 17.8 Å². The first-order valence-corrected chi connectivity index (χ1v) is 9.87. The number of hydrogen-bond donors (Lipinski definition) is 0. The summed E-state index contributed by atoms with van der Waals surface area (Å²) in [4.78, 5) is 28.4. The van der Waals surface area contributed by atoms with Crippen molar-refractivity contribution >= 4 is 17.4 Å². The molecule has 0 saturated carbocycles. The number of amides is 1. The van der Waals surface area contributed by atoms with Gasteiger partial charge in [-0.1, -0.05) is 48.5 Å². The van der Waals surface area contributed by atoms with Crippen molar-refractivity contribution in [1.82, 2.24) is 14.9 Å². The molecule has 4 rings (SSSR count). The summed E-state index contributed by atoms with van der Waals surface area (Å²) in [6.45, 7) is 4.24. The molecule has 3 aromatic rings. The highest BCUT2D eigenvalue weighted by Crippen LogP contribution is 2.21. The Labute approximate surface area is 171 Å². The van der Waals surface area contributed by atoms with Crippen molar-refractivity contribution in [3.8, 4) is 0 Å². The molecule has 0 atom stereocenters. The van der Waals surface area contributed by atoms with Gasteiger partial charge in [-0.05, 0) is 24.7 Å². The monoisotopic (exact) mass is 387 g/mol. The van der Waals surface area contributed by atoms with Gasteiger partial charge in [-0.25, -0.2) is 9.97 Å². The third-order valence-electron chi connectivity index (χ3n) is 5.20. The number of aromatic nitrogens is 2. The number of nitrogens with zero attached hydrogens (tertiary/aromatic N) is 5. The molecule has 0 unspecified atom stereocenters. The van der Waals surface area contributed by atoms with Gasteiger partial charge in [-0.3, -0.25) is 4.79 Å². The Balaban J connectivity index is 1.61. The van der Waals surface area contributed by atoms with Crippen molar-refractivity contribution in [2.24, 2.45) is 0 Å². The SMILES string of the molecule is CN1CCN(c2cc(C(=O)N(Cc3ccccc3)c3ccccc3)ncn2)CC1. The first-order chi connectivity index (χ1) is 14.2.